The highest BCUT2D eigenvalue weighted by molar-refractivity contribution is 6.30. The van der Waals surface area contributed by atoms with E-state index in [9.17, 15) is 4.39 Å². The van der Waals surface area contributed by atoms with Gasteiger partial charge in [-0.1, -0.05) is 17.7 Å². The van der Waals surface area contributed by atoms with E-state index < -0.39 is 0 Å². The molecular weight excluding hydrogens is 227 g/mol. The van der Waals surface area contributed by atoms with Gasteiger partial charge < -0.3 is 10.6 Å². The van der Waals surface area contributed by atoms with Crippen LogP contribution in [0.2, 0.25) is 5.02 Å². The van der Waals surface area contributed by atoms with E-state index in [-0.39, 0.29) is 16.4 Å². The first-order valence-corrected chi connectivity index (χ1v) is 5.66. The Morgan fingerprint density at radius 1 is 1.38 bits per heavy atom. The fraction of sp³-hybridized carbons (Fsp3) is 0.500. The summed E-state index contributed by atoms with van der Waals surface area (Å²) in [5.74, 6) is -0.375. The molecule has 2 N–H and O–H groups in total. The lowest BCUT2D eigenvalue weighted by molar-refractivity contribution is 0.374. The molecule has 0 amide bonds. The van der Waals surface area contributed by atoms with Gasteiger partial charge in [-0.3, -0.25) is 0 Å². The van der Waals surface area contributed by atoms with Crippen LogP contribution >= 0.6 is 11.6 Å². The minimum Gasteiger partial charge on any atom is -0.318 e. The standard InChI is InChI=1S/C12H18ClFN2/c1-12(2,8-15-3)16-7-9-4-5-11(14)10(13)6-9/h4-6,15-16H,7-8H2,1-3H3. The van der Waals surface area contributed by atoms with E-state index in [0.717, 1.165) is 12.1 Å². The number of hydrogen-bond donors (Lipinski definition) is 2. The van der Waals surface area contributed by atoms with Crippen LogP contribution < -0.4 is 10.6 Å². The molecule has 0 spiro atoms. The Morgan fingerprint density at radius 3 is 2.62 bits per heavy atom. The summed E-state index contributed by atoms with van der Waals surface area (Å²) in [7, 11) is 1.91. The SMILES string of the molecule is CNCC(C)(C)NCc1ccc(F)c(Cl)c1. The second kappa shape index (κ2) is 5.62. The number of rotatable bonds is 5. The van der Waals surface area contributed by atoms with Crippen molar-refractivity contribution in [3.63, 3.8) is 0 Å². The lowest BCUT2D eigenvalue weighted by Crippen LogP contribution is -2.46. The van der Waals surface area contributed by atoms with Crippen molar-refractivity contribution in [1.29, 1.82) is 0 Å². The van der Waals surface area contributed by atoms with E-state index in [4.69, 9.17) is 11.6 Å². The zero-order valence-corrected chi connectivity index (χ0v) is 10.7. The smallest absolute Gasteiger partial charge is 0.141 e. The minimum absolute atomic E-state index is 0.00435. The van der Waals surface area contributed by atoms with Crippen molar-refractivity contribution in [1.82, 2.24) is 10.6 Å². The molecule has 2 nitrogen and oxygen atoms in total. The van der Waals surface area contributed by atoms with Gasteiger partial charge in [-0.05, 0) is 38.6 Å². The van der Waals surface area contributed by atoms with Gasteiger partial charge in [-0.2, -0.15) is 0 Å². The van der Waals surface area contributed by atoms with Gasteiger partial charge in [0.25, 0.3) is 0 Å². The molecule has 0 atom stereocenters. The normalized spacial score (nSPS) is 11.8. The van der Waals surface area contributed by atoms with E-state index in [1.165, 1.54) is 6.07 Å². The quantitative estimate of drug-likeness (QED) is 0.832. The number of hydrogen-bond acceptors (Lipinski definition) is 2. The Bertz CT molecular complexity index is 353. The minimum atomic E-state index is -0.375. The lowest BCUT2D eigenvalue weighted by atomic mass is 10.1. The summed E-state index contributed by atoms with van der Waals surface area (Å²) in [6.07, 6.45) is 0. The van der Waals surface area contributed by atoms with Crippen molar-refractivity contribution in [3.05, 3.63) is 34.6 Å². The molecule has 0 saturated carbocycles. The highest BCUT2D eigenvalue weighted by Crippen LogP contribution is 2.16. The molecule has 0 aliphatic carbocycles. The Hall–Kier alpha value is -0.640. The molecule has 0 aliphatic rings. The molecule has 1 aromatic rings. The molecule has 0 unspecified atom stereocenters. The van der Waals surface area contributed by atoms with Crippen LogP contribution in [0.3, 0.4) is 0 Å². The van der Waals surface area contributed by atoms with Crippen LogP contribution in [0.4, 0.5) is 4.39 Å². The van der Waals surface area contributed by atoms with E-state index in [0.29, 0.717) is 6.54 Å². The van der Waals surface area contributed by atoms with Crippen LogP contribution in [-0.2, 0) is 6.54 Å². The van der Waals surface area contributed by atoms with Gasteiger partial charge in [-0.25, -0.2) is 4.39 Å². The fourth-order valence-electron chi connectivity index (χ4n) is 1.50. The van der Waals surface area contributed by atoms with Crippen LogP contribution in [0.15, 0.2) is 18.2 Å². The summed E-state index contributed by atoms with van der Waals surface area (Å²) >= 11 is 5.71. The van der Waals surface area contributed by atoms with Crippen molar-refractivity contribution in [2.75, 3.05) is 13.6 Å². The first-order valence-electron chi connectivity index (χ1n) is 5.28. The molecule has 4 heteroatoms. The van der Waals surface area contributed by atoms with Crippen molar-refractivity contribution >= 4 is 11.6 Å². The first-order chi connectivity index (χ1) is 7.44. The molecule has 1 aromatic carbocycles. The van der Waals surface area contributed by atoms with Crippen molar-refractivity contribution in [2.45, 2.75) is 25.9 Å². The third-order valence-electron chi connectivity index (χ3n) is 2.37. The third kappa shape index (κ3) is 4.08. The Labute approximate surface area is 101 Å². The van der Waals surface area contributed by atoms with E-state index in [1.807, 2.05) is 7.05 Å². The third-order valence-corrected chi connectivity index (χ3v) is 2.66. The Morgan fingerprint density at radius 2 is 2.06 bits per heavy atom. The molecular formula is C12H18ClFN2. The van der Waals surface area contributed by atoms with Crippen LogP contribution in [0.25, 0.3) is 0 Å². The zero-order chi connectivity index (χ0) is 12.2. The van der Waals surface area contributed by atoms with E-state index in [1.54, 1.807) is 12.1 Å². The number of likely N-dealkylation sites (N-methyl/N-ethyl adjacent to an activating group) is 1. The molecule has 0 bridgehead atoms. The maximum atomic E-state index is 12.9. The van der Waals surface area contributed by atoms with Crippen LogP contribution in [0.5, 0.6) is 0 Å². The van der Waals surface area contributed by atoms with E-state index in [2.05, 4.69) is 24.5 Å². The average molecular weight is 245 g/mol. The summed E-state index contributed by atoms with van der Waals surface area (Å²) in [6, 6.07) is 4.79. The summed E-state index contributed by atoms with van der Waals surface area (Å²) in [5.41, 5.74) is 0.978. The molecule has 0 aliphatic heterocycles. The molecule has 16 heavy (non-hydrogen) atoms. The van der Waals surface area contributed by atoms with Gasteiger partial charge in [0.15, 0.2) is 0 Å². The molecule has 0 aromatic heterocycles. The summed E-state index contributed by atoms with van der Waals surface area (Å²) in [6.45, 7) is 5.75. The van der Waals surface area contributed by atoms with Gasteiger partial charge in [0.05, 0.1) is 5.02 Å². The largest absolute Gasteiger partial charge is 0.318 e. The molecule has 0 heterocycles. The number of halogens is 2. The lowest BCUT2D eigenvalue weighted by Gasteiger charge is -2.26. The predicted molar refractivity (Wildman–Crippen MR) is 66.3 cm³/mol. The highest BCUT2D eigenvalue weighted by Gasteiger charge is 2.15. The topological polar surface area (TPSA) is 24.1 Å². The van der Waals surface area contributed by atoms with Crippen LogP contribution in [-0.4, -0.2) is 19.1 Å². The predicted octanol–water partition coefficient (Wildman–Crippen LogP) is 2.57. The second-order valence-corrected chi connectivity index (χ2v) is 4.92. The van der Waals surface area contributed by atoms with Gasteiger partial charge in [0, 0.05) is 18.6 Å². The molecule has 0 radical (unpaired) electrons. The zero-order valence-electron chi connectivity index (χ0n) is 9.90. The second-order valence-electron chi connectivity index (χ2n) is 4.52. The molecule has 1 rings (SSSR count). The molecule has 0 saturated heterocycles. The number of benzene rings is 1. The van der Waals surface area contributed by atoms with Gasteiger partial charge in [0.1, 0.15) is 5.82 Å². The monoisotopic (exact) mass is 244 g/mol. The summed E-state index contributed by atoms with van der Waals surface area (Å²) < 4.78 is 12.9. The van der Waals surface area contributed by atoms with E-state index >= 15 is 0 Å². The van der Waals surface area contributed by atoms with Crippen LogP contribution in [0, 0.1) is 5.82 Å². The number of nitrogens with one attached hydrogen (secondary N) is 2. The van der Waals surface area contributed by atoms with Crippen LogP contribution in [0.1, 0.15) is 19.4 Å². The summed E-state index contributed by atoms with van der Waals surface area (Å²) in [4.78, 5) is 0. The van der Waals surface area contributed by atoms with Gasteiger partial charge >= 0.3 is 0 Å². The van der Waals surface area contributed by atoms with Gasteiger partial charge in [0.2, 0.25) is 0 Å². The van der Waals surface area contributed by atoms with Crippen molar-refractivity contribution in [2.24, 2.45) is 0 Å². The molecule has 90 valence electrons. The maximum absolute atomic E-state index is 12.9. The molecule has 0 fully saturated rings. The average Bonchev–Trinajstić information content (AvgIpc) is 2.20. The Balaban J connectivity index is 2.57. The summed E-state index contributed by atoms with van der Waals surface area (Å²) in [5, 5.41) is 6.67. The van der Waals surface area contributed by atoms with Crippen molar-refractivity contribution < 1.29 is 4.39 Å². The fourth-order valence-corrected chi connectivity index (χ4v) is 1.70. The van der Waals surface area contributed by atoms with Crippen molar-refractivity contribution in [3.8, 4) is 0 Å². The first kappa shape index (κ1) is 13.4. The Kier molecular flexibility index (Phi) is 4.71. The highest BCUT2D eigenvalue weighted by atomic mass is 35.5. The van der Waals surface area contributed by atoms with Gasteiger partial charge in [-0.15, -0.1) is 0 Å². The maximum Gasteiger partial charge on any atom is 0.141 e.